The second kappa shape index (κ2) is 6.46. The van der Waals surface area contributed by atoms with Crippen molar-refractivity contribution in [1.29, 1.82) is 0 Å². The molecule has 1 aromatic carbocycles. The summed E-state index contributed by atoms with van der Waals surface area (Å²) < 4.78 is 22.8. The van der Waals surface area contributed by atoms with Crippen molar-refractivity contribution >= 4 is 32.2 Å². The predicted molar refractivity (Wildman–Crippen MR) is 90.6 cm³/mol. The molecule has 7 nitrogen and oxygen atoms in total. The average Bonchev–Trinajstić information content (AvgIpc) is 3.03. The average molecular weight is 360 g/mol. The van der Waals surface area contributed by atoms with Gasteiger partial charge in [-0.1, -0.05) is 17.4 Å². The first-order valence-electron chi connectivity index (χ1n) is 6.80. The molecule has 1 amide bonds. The highest BCUT2D eigenvalue weighted by atomic mass is 32.2. The van der Waals surface area contributed by atoms with Crippen molar-refractivity contribution in [2.24, 2.45) is 0 Å². The summed E-state index contributed by atoms with van der Waals surface area (Å²) in [5.74, 6) is -0.390. The molecule has 1 N–H and O–H groups in total. The van der Waals surface area contributed by atoms with Gasteiger partial charge in [-0.2, -0.15) is 0 Å². The molecule has 0 saturated heterocycles. The zero-order valence-corrected chi connectivity index (χ0v) is 14.1. The van der Waals surface area contributed by atoms with Crippen LogP contribution in [0, 0.1) is 0 Å². The predicted octanol–water partition coefficient (Wildman–Crippen LogP) is 2.26. The number of pyridine rings is 1. The fraction of sp³-hybridized carbons (Fsp3) is 0.0667. The van der Waals surface area contributed by atoms with Gasteiger partial charge in [-0.3, -0.25) is 15.1 Å². The largest absolute Gasteiger partial charge is 0.296 e. The molecule has 0 aliphatic carbocycles. The zero-order valence-electron chi connectivity index (χ0n) is 12.5. The molecule has 0 saturated carbocycles. The van der Waals surface area contributed by atoms with Crippen molar-refractivity contribution in [2.45, 2.75) is 4.90 Å². The van der Waals surface area contributed by atoms with Crippen LogP contribution in [0.3, 0.4) is 0 Å². The zero-order chi connectivity index (χ0) is 17.2. The van der Waals surface area contributed by atoms with Crippen molar-refractivity contribution in [2.75, 3.05) is 11.6 Å². The second-order valence-electron chi connectivity index (χ2n) is 4.88. The summed E-state index contributed by atoms with van der Waals surface area (Å²) >= 11 is 1.20. The summed E-state index contributed by atoms with van der Waals surface area (Å²) in [4.78, 5) is 16.5. The fourth-order valence-corrected chi connectivity index (χ4v) is 3.24. The number of sulfone groups is 1. The molecule has 9 heteroatoms. The number of hydrogen-bond donors (Lipinski definition) is 1. The van der Waals surface area contributed by atoms with Gasteiger partial charge in [-0.15, -0.1) is 10.2 Å². The second-order valence-corrected chi connectivity index (χ2v) is 7.87. The molecule has 0 bridgehead atoms. The summed E-state index contributed by atoms with van der Waals surface area (Å²) in [6, 6.07) is 11.1. The molecule has 3 rings (SSSR count). The van der Waals surface area contributed by atoms with Gasteiger partial charge in [0.25, 0.3) is 5.91 Å². The number of benzene rings is 1. The van der Waals surface area contributed by atoms with E-state index in [1.54, 1.807) is 18.3 Å². The van der Waals surface area contributed by atoms with Gasteiger partial charge in [0.1, 0.15) is 5.69 Å². The molecule has 122 valence electrons. The van der Waals surface area contributed by atoms with E-state index < -0.39 is 15.7 Å². The van der Waals surface area contributed by atoms with Crippen LogP contribution in [0.2, 0.25) is 0 Å². The number of anilines is 1. The topological polar surface area (TPSA) is 102 Å². The molecule has 2 aromatic heterocycles. The summed E-state index contributed by atoms with van der Waals surface area (Å²) in [6.45, 7) is 0. The third kappa shape index (κ3) is 3.63. The first-order valence-corrected chi connectivity index (χ1v) is 9.51. The van der Waals surface area contributed by atoms with Gasteiger partial charge in [0.2, 0.25) is 5.13 Å². The van der Waals surface area contributed by atoms with Gasteiger partial charge in [0.05, 0.1) is 4.90 Å². The standard InChI is InChI=1S/C15H12N4O3S2/c1-24(21,22)11-7-5-10(6-8-11)13(20)17-15-19-18-14(23-15)12-4-2-3-9-16-12/h2-9H,1H3,(H,17,19,20). The van der Waals surface area contributed by atoms with Crippen molar-refractivity contribution in [3.8, 4) is 10.7 Å². The Morgan fingerprint density at radius 2 is 1.83 bits per heavy atom. The van der Waals surface area contributed by atoms with Gasteiger partial charge in [-0.25, -0.2) is 8.42 Å². The Kier molecular flexibility index (Phi) is 4.36. The van der Waals surface area contributed by atoms with E-state index in [4.69, 9.17) is 0 Å². The molecule has 2 heterocycles. The smallest absolute Gasteiger partial charge is 0.257 e. The van der Waals surface area contributed by atoms with Crippen LogP contribution in [0.25, 0.3) is 10.7 Å². The van der Waals surface area contributed by atoms with Crippen LogP contribution >= 0.6 is 11.3 Å². The van der Waals surface area contributed by atoms with Crippen LogP contribution in [0.1, 0.15) is 10.4 Å². The number of carbonyl (C=O) groups excluding carboxylic acids is 1. The van der Waals surface area contributed by atoms with Crippen LogP contribution in [-0.4, -0.2) is 35.8 Å². The number of aromatic nitrogens is 3. The lowest BCUT2D eigenvalue weighted by Crippen LogP contribution is -2.11. The summed E-state index contributed by atoms with van der Waals surface area (Å²) in [7, 11) is -3.29. The summed E-state index contributed by atoms with van der Waals surface area (Å²) in [5.41, 5.74) is 1.00. The molecular formula is C15H12N4O3S2. The van der Waals surface area contributed by atoms with Gasteiger partial charge >= 0.3 is 0 Å². The Bertz CT molecular complexity index is 967. The lowest BCUT2D eigenvalue weighted by molar-refractivity contribution is 0.102. The maximum atomic E-state index is 12.2. The van der Waals surface area contributed by atoms with E-state index in [2.05, 4.69) is 20.5 Å². The Morgan fingerprint density at radius 3 is 2.46 bits per heavy atom. The van der Waals surface area contributed by atoms with E-state index in [0.29, 0.717) is 21.4 Å². The SMILES string of the molecule is CS(=O)(=O)c1ccc(C(=O)Nc2nnc(-c3ccccn3)s2)cc1. The molecule has 0 spiro atoms. The quantitative estimate of drug-likeness (QED) is 0.766. The molecule has 3 aromatic rings. The van der Waals surface area contributed by atoms with E-state index in [1.165, 1.54) is 35.6 Å². The van der Waals surface area contributed by atoms with E-state index in [-0.39, 0.29) is 4.90 Å². The van der Waals surface area contributed by atoms with Crippen LogP contribution in [0.4, 0.5) is 5.13 Å². The molecule has 0 aliphatic heterocycles. The number of carbonyl (C=O) groups is 1. The van der Waals surface area contributed by atoms with Crippen molar-refractivity contribution in [1.82, 2.24) is 15.2 Å². The van der Waals surface area contributed by atoms with Crippen molar-refractivity contribution < 1.29 is 13.2 Å². The van der Waals surface area contributed by atoms with E-state index in [1.807, 2.05) is 6.07 Å². The molecule has 0 aliphatic rings. The first kappa shape index (κ1) is 16.2. The van der Waals surface area contributed by atoms with E-state index in [0.717, 1.165) is 6.26 Å². The molecule has 0 unspecified atom stereocenters. The Hall–Kier alpha value is -2.65. The molecule has 0 radical (unpaired) electrons. The van der Waals surface area contributed by atoms with Crippen LogP contribution in [0.5, 0.6) is 0 Å². The highest BCUT2D eigenvalue weighted by Crippen LogP contribution is 2.24. The molecule has 0 fully saturated rings. The number of amides is 1. The summed E-state index contributed by atoms with van der Waals surface area (Å²) in [5, 5.41) is 11.5. The third-order valence-corrected chi connectivity index (χ3v) is 5.06. The summed E-state index contributed by atoms with van der Waals surface area (Å²) in [6.07, 6.45) is 2.76. The number of hydrogen-bond acceptors (Lipinski definition) is 7. The number of nitrogens with one attached hydrogen (secondary N) is 1. The van der Waals surface area contributed by atoms with Crippen molar-refractivity contribution in [3.63, 3.8) is 0 Å². The Balaban J connectivity index is 1.75. The molecule has 0 atom stereocenters. The monoisotopic (exact) mass is 360 g/mol. The Morgan fingerprint density at radius 1 is 1.08 bits per heavy atom. The minimum Gasteiger partial charge on any atom is -0.296 e. The first-order chi connectivity index (χ1) is 11.4. The van der Waals surface area contributed by atoms with E-state index >= 15 is 0 Å². The van der Waals surface area contributed by atoms with Crippen LogP contribution in [0.15, 0.2) is 53.6 Å². The van der Waals surface area contributed by atoms with Crippen molar-refractivity contribution in [3.05, 3.63) is 54.2 Å². The fourth-order valence-electron chi connectivity index (χ4n) is 1.89. The minimum atomic E-state index is -3.29. The molecule has 24 heavy (non-hydrogen) atoms. The normalized spacial score (nSPS) is 11.2. The highest BCUT2D eigenvalue weighted by molar-refractivity contribution is 7.90. The van der Waals surface area contributed by atoms with Gasteiger partial charge < -0.3 is 0 Å². The lowest BCUT2D eigenvalue weighted by atomic mass is 10.2. The third-order valence-electron chi connectivity index (χ3n) is 3.07. The van der Waals surface area contributed by atoms with Gasteiger partial charge in [0.15, 0.2) is 14.8 Å². The minimum absolute atomic E-state index is 0.160. The maximum Gasteiger partial charge on any atom is 0.257 e. The van der Waals surface area contributed by atoms with E-state index in [9.17, 15) is 13.2 Å². The Labute approximate surface area is 142 Å². The van der Waals surface area contributed by atoms with Gasteiger partial charge in [0, 0.05) is 18.0 Å². The lowest BCUT2D eigenvalue weighted by Gasteiger charge is -2.02. The van der Waals surface area contributed by atoms with Crippen LogP contribution in [-0.2, 0) is 9.84 Å². The van der Waals surface area contributed by atoms with Crippen LogP contribution < -0.4 is 5.32 Å². The van der Waals surface area contributed by atoms with Gasteiger partial charge in [-0.05, 0) is 36.4 Å². The molecular weight excluding hydrogens is 348 g/mol. The number of nitrogens with zero attached hydrogens (tertiary/aromatic N) is 3. The highest BCUT2D eigenvalue weighted by Gasteiger charge is 2.13. The number of rotatable bonds is 4. The maximum absolute atomic E-state index is 12.2.